The van der Waals surface area contributed by atoms with Gasteiger partial charge in [-0.05, 0) is 31.0 Å². The van der Waals surface area contributed by atoms with Crippen LogP contribution < -0.4 is 5.32 Å². The number of rotatable bonds is 3. The van der Waals surface area contributed by atoms with E-state index in [1.165, 1.54) is 0 Å². The molecule has 1 N–H and O–H groups in total. The number of benzene rings is 1. The molecule has 1 aromatic carbocycles. The van der Waals surface area contributed by atoms with Crippen molar-refractivity contribution in [1.82, 2.24) is 15.1 Å². The largest absolute Gasteiger partial charge is 0.464 e. The summed E-state index contributed by atoms with van der Waals surface area (Å²) in [7, 11) is 0. The zero-order valence-electron chi connectivity index (χ0n) is 14.5. The second kappa shape index (κ2) is 7.29. The molecule has 7 heteroatoms. The lowest BCUT2D eigenvalue weighted by molar-refractivity contribution is -0.140. The third-order valence-corrected chi connectivity index (χ3v) is 5.51. The molecule has 2 aromatic rings. The van der Waals surface area contributed by atoms with Gasteiger partial charge in [0, 0.05) is 48.2 Å². The van der Waals surface area contributed by atoms with Gasteiger partial charge in [0.05, 0.1) is 19.2 Å². The standard InChI is InChI=1S/C19H22ClN3O3/c20-14-3-4-16-13(12-26-17(16)9-14)8-18(24)22-6-1-2-15(11-22)23-7-5-21-10-19(23)25/h3-4,9,12,15,21H,1-2,5-8,10-11H2/t15-/m0/s1. The maximum absolute atomic E-state index is 12.8. The predicted molar refractivity (Wildman–Crippen MR) is 99.1 cm³/mol. The van der Waals surface area contributed by atoms with Crippen molar-refractivity contribution in [2.75, 3.05) is 32.7 Å². The molecule has 2 saturated heterocycles. The number of hydrogen-bond acceptors (Lipinski definition) is 4. The van der Waals surface area contributed by atoms with E-state index in [0.29, 0.717) is 30.1 Å². The average Bonchev–Trinajstić information content (AvgIpc) is 3.04. The SMILES string of the molecule is O=C(Cc1coc2cc(Cl)ccc12)N1CCC[C@H](N2CCNCC2=O)C1. The van der Waals surface area contributed by atoms with E-state index in [-0.39, 0.29) is 17.9 Å². The molecule has 0 unspecified atom stereocenters. The molecule has 3 heterocycles. The fraction of sp³-hybridized carbons (Fsp3) is 0.474. The number of piperazine rings is 1. The normalized spacial score (nSPS) is 21.4. The van der Waals surface area contributed by atoms with E-state index in [1.54, 1.807) is 18.4 Å². The van der Waals surface area contributed by atoms with Gasteiger partial charge in [0.15, 0.2) is 0 Å². The number of carbonyl (C=O) groups excluding carboxylic acids is 2. The molecule has 6 nitrogen and oxygen atoms in total. The minimum atomic E-state index is 0.0786. The van der Waals surface area contributed by atoms with Crippen LogP contribution in [0.1, 0.15) is 18.4 Å². The van der Waals surface area contributed by atoms with Crippen LogP contribution in [0, 0.1) is 0 Å². The highest BCUT2D eigenvalue weighted by Gasteiger charge is 2.31. The fourth-order valence-electron chi connectivity index (χ4n) is 3.91. The van der Waals surface area contributed by atoms with Crippen LogP contribution in [-0.4, -0.2) is 60.4 Å². The van der Waals surface area contributed by atoms with Crippen molar-refractivity contribution in [2.24, 2.45) is 0 Å². The molecule has 2 aliphatic heterocycles. The zero-order chi connectivity index (χ0) is 18.1. The molecule has 2 fully saturated rings. The van der Waals surface area contributed by atoms with Gasteiger partial charge in [0.2, 0.25) is 11.8 Å². The number of amides is 2. The van der Waals surface area contributed by atoms with E-state index in [2.05, 4.69) is 5.32 Å². The lowest BCUT2D eigenvalue weighted by Gasteiger charge is -2.41. The third-order valence-electron chi connectivity index (χ3n) is 5.28. The number of hydrogen-bond donors (Lipinski definition) is 1. The Morgan fingerprint density at radius 3 is 3.08 bits per heavy atom. The quantitative estimate of drug-likeness (QED) is 0.891. The van der Waals surface area contributed by atoms with Crippen LogP contribution in [0.2, 0.25) is 5.02 Å². The summed E-state index contributed by atoms with van der Waals surface area (Å²) in [6.45, 7) is 3.30. The number of carbonyl (C=O) groups is 2. The van der Waals surface area contributed by atoms with Gasteiger partial charge in [-0.15, -0.1) is 0 Å². The molecule has 2 aliphatic rings. The van der Waals surface area contributed by atoms with Crippen molar-refractivity contribution in [3.63, 3.8) is 0 Å². The molecule has 138 valence electrons. The van der Waals surface area contributed by atoms with Gasteiger partial charge < -0.3 is 19.5 Å². The molecule has 1 aromatic heterocycles. The highest BCUT2D eigenvalue weighted by molar-refractivity contribution is 6.31. The first-order chi connectivity index (χ1) is 12.6. The molecule has 0 radical (unpaired) electrons. The highest BCUT2D eigenvalue weighted by Crippen LogP contribution is 2.26. The van der Waals surface area contributed by atoms with Crippen molar-refractivity contribution in [2.45, 2.75) is 25.3 Å². The summed E-state index contributed by atoms with van der Waals surface area (Å²) < 4.78 is 5.53. The maximum atomic E-state index is 12.8. The Bertz CT molecular complexity index is 835. The lowest BCUT2D eigenvalue weighted by Crippen LogP contribution is -2.57. The number of nitrogens with one attached hydrogen (secondary N) is 1. The second-order valence-electron chi connectivity index (χ2n) is 6.98. The molecule has 2 amide bonds. The molecule has 4 rings (SSSR count). The van der Waals surface area contributed by atoms with Gasteiger partial charge in [0.1, 0.15) is 5.58 Å². The van der Waals surface area contributed by atoms with Gasteiger partial charge in [-0.3, -0.25) is 9.59 Å². The van der Waals surface area contributed by atoms with Gasteiger partial charge >= 0.3 is 0 Å². The topological polar surface area (TPSA) is 65.8 Å². The van der Waals surface area contributed by atoms with Crippen LogP contribution in [0.25, 0.3) is 11.0 Å². The van der Waals surface area contributed by atoms with E-state index in [9.17, 15) is 9.59 Å². The minimum Gasteiger partial charge on any atom is -0.464 e. The van der Waals surface area contributed by atoms with Crippen molar-refractivity contribution in [3.05, 3.63) is 35.0 Å². The van der Waals surface area contributed by atoms with Gasteiger partial charge in [0.25, 0.3) is 0 Å². The van der Waals surface area contributed by atoms with Crippen LogP contribution >= 0.6 is 11.6 Å². The predicted octanol–water partition coefficient (Wildman–Crippen LogP) is 2.05. The Kier molecular flexibility index (Phi) is 4.87. The van der Waals surface area contributed by atoms with Crippen LogP contribution in [0.5, 0.6) is 0 Å². The molecule has 1 atom stereocenters. The summed E-state index contributed by atoms with van der Waals surface area (Å²) in [5.41, 5.74) is 1.57. The van der Waals surface area contributed by atoms with Crippen LogP contribution in [0.3, 0.4) is 0 Å². The number of fused-ring (bicyclic) bond motifs is 1. The van der Waals surface area contributed by atoms with Gasteiger partial charge in [-0.1, -0.05) is 11.6 Å². The summed E-state index contributed by atoms with van der Waals surface area (Å²) in [6, 6.07) is 5.59. The van der Waals surface area contributed by atoms with E-state index in [0.717, 1.165) is 43.4 Å². The maximum Gasteiger partial charge on any atom is 0.236 e. The molecule has 0 aliphatic carbocycles. The summed E-state index contributed by atoms with van der Waals surface area (Å²) in [5.74, 6) is 0.211. The Balaban J connectivity index is 1.44. The Morgan fingerprint density at radius 1 is 1.35 bits per heavy atom. The monoisotopic (exact) mass is 375 g/mol. The Morgan fingerprint density at radius 2 is 2.23 bits per heavy atom. The number of nitrogens with zero attached hydrogens (tertiary/aromatic N) is 2. The van der Waals surface area contributed by atoms with Crippen LogP contribution in [0.15, 0.2) is 28.9 Å². The first kappa shape index (κ1) is 17.4. The molecule has 0 saturated carbocycles. The highest BCUT2D eigenvalue weighted by atomic mass is 35.5. The molecular weight excluding hydrogens is 354 g/mol. The first-order valence-electron chi connectivity index (χ1n) is 9.05. The van der Waals surface area contributed by atoms with Gasteiger partial charge in [-0.2, -0.15) is 0 Å². The second-order valence-corrected chi connectivity index (χ2v) is 7.41. The number of furan rings is 1. The van der Waals surface area contributed by atoms with Gasteiger partial charge in [-0.25, -0.2) is 0 Å². The molecule has 26 heavy (non-hydrogen) atoms. The van der Waals surface area contributed by atoms with Crippen LogP contribution in [0.4, 0.5) is 0 Å². The number of halogens is 1. The Labute approximate surface area is 157 Å². The average molecular weight is 376 g/mol. The van der Waals surface area contributed by atoms with E-state index < -0.39 is 0 Å². The van der Waals surface area contributed by atoms with Crippen molar-refractivity contribution >= 4 is 34.4 Å². The van der Waals surface area contributed by atoms with Crippen LogP contribution in [-0.2, 0) is 16.0 Å². The fourth-order valence-corrected chi connectivity index (χ4v) is 4.07. The first-order valence-corrected chi connectivity index (χ1v) is 9.43. The van der Waals surface area contributed by atoms with E-state index >= 15 is 0 Å². The van der Waals surface area contributed by atoms with Crippen molar-refractivity contribution in [3.8, 4) is 0 Å². The summed E-state index contributed by atoms with van der Waals surface area (Å²) in [6.07, 6.45) is 3.83. The molecular formula is C19H22ClN3O3. The Hall–Kier alpha value is -2.05. The third kappa shape index (κ3) is 3.44. The minimum absolute atomic E-state index is 0.0786. The summed E-state index contributed by atoms with van der Waals surface area (Å²) in [4.78, 5) is 28.8. The zero-order valence-corrected chi connectivity index (χ0v) is 15.3. The number of piperidine rings is 1. The number of likely N-dealkylation sites (tertiary alicyclic amines) is 1. The smallest absolute Gasteiger partial charge is 0.236 e. The van der Waals surface area contributed by atoms with E-state index in [1.807, 2.05) is 15.9 Å². The molecule has 0 bridgehead atoms. The van der Waals surface area contributed by atoms with Crippen molar-refractivity contribution in [1.29, 1.82) is 0 Å². The summed E-state index contributed by atoms with van der Waals surface area (Å²) >= 11 is 5.99. The molecule has 0 spiro atoms. The summed E-state index contributed by atoms with van der Waals surface area (Å²) in [5, 5.41) is 4.64. The van der Waals surface area contributed by atoms with Crippen molar-refractivity contribution < 1.29 is 14.0 Å². The lowest BCUT2D eigenvalue weighted by atomic mass is 10.0. The van der Waals surface area contributed by atoms with E-state index in [4.69, 9.17) is 16.0 Å².